The molecule has 1 saturated heterocycles. The van der Waals surface area contributed by atoms with Crippen LogP contribution in [0.1, 0.15) is 32.5 Å². The van der Waals surface area contributed by atoms with Crippen LogP contribution in [0.5, 0.6) is 0 Å². The number of imidazole rings is 1. The van der Waals surface area contributed by atoms with Gasteiger partial charge in [0.1, 0.15) is 11.5 Å². The number of para-hydroxylation sites is 3. The normalized spacial score (nSPS) is 15.5. The van der Waals surface area contributed by atoms with Gasteiger partial charge >= 0.3 is 0 Å². The second-order valence-electron chi connectivity index (χ2n) is 7.78. The molecule has 6 heteroatoms. The topological polar surface area (TPSA) is 70.7 Å². The standard InChI is InChI=1S/C21H22N4.C2H4O2/c1-15-10-12-24(13-11-15)14-20-22-17-7-3-2-6-16(17)21-23-18-8-4-5-9-19(18)25(20)21;1-2(3)4/h2-9,15H,10-14H2,1H3;1H3,(H,3,4). The number of aliphatic carboxylic acids is 1. The third-order valence-corrected chi connectivity index (χ3v) is 5.45. The van der Waals surface area contributed by atoms with E-state index in [0.717, 1.165) is 65.9 Å². The van der Waals surface area contributed by atoms with E-state index in [-0.39, 0.29) is 0 Å². The summed E-state index contributed by atoms with van der Waals surface area (Å²) in [5, 5.41) is 8.54. The molecule has 4 aromatic rings. The average molecular weight is 390 g/mol. The smallest absolute Gasteiger partial charge is 0.300 e. The Morgan fingerprint density at radius 3 is 2.38 bits per heavy atom. The molecular formula is C23H26N4O2. The molecule has 2 aromatic heterocycles. The van der Waals surface area contributed by atoms with E-state index in [1.165, 1.54) is 12.8 Å². The highest BCUT2D eigenvalue weighted by atomic mass is 16.4. The Morgan fingerprint density at radius 1 is 1.03 bits per heavy atom. The van der Waals surface area contributed by atoms with Crippen molar-refractivity contribution in [2.45, 2.75) is 33.2 Å². The lowest BCUT2D eigenvalue weighted by molar-refractivity contribution is -0.134. The molecule has 3 heterocycles. The third kappa shape index (κ3) is 4.07. The van der Waals surface area contributed by atoms with Gasteiger partial charge in [-0.25, -0.2) is 9.97 Å². The van der Waals surface area contributed by atoms with Crippen LogP contribution in [0.3, 0.4) is 0 Å². The molecule has 0 unspecified atom stereocenters. The van der Waals surface area contributed by atoms with E-state index in [1.54, 1.807) is 0 Å². The van der Waals surface area contributed by atoms with Crippen molar-refractivity contribution >= 4 is 33.6 Å². The number of hydrogen-bond acceptors (Lipinski definition) is 4. The zero-order valence-corrected chi connectivity index (χ0v) is 16.9. The van der Waals surface area contributed by atoms with E-state index in [9.17, 15) is 0 Å². The number of benzene rings is 2. The minimum Gasteiger partial charge on any atom is -0.481 e. The Hall–Kier alpha value is -2.99. The third-order valence-electron chi connectivity index (χ3n) is 5.45. The molecule has 0 amide bonds. The Kier molecular flexibility index (Phi) is 5.45. The van der Waals surface area contributed by atoms with Gasteiger partial charge < -0.3 is 5.11 Å². The zero-order chi connectivity index (χ0) is 20.4. The van der Waals surface area contributed by atoms with Crippen LogP contribution in [0.2, 0.25) is 0 Å². The molecule has 1 aliphatic heterocycles. The van der Waals surface area contributed by atoms with Crippen LogP contribution in [0.4, 0.5) is 0 Å². The number of aromatic nitrogens is 3. The number of likely N-dealkylation sites (tertiary alicyclic amines) is 1. The summed E-state index contributed by atoms with van der Waals surface area (Å²) in [5.41, 5.74) is 4.24. The molecule has 1 fully saturated rings. The molecule has 0 saturated carbocycles. The fraction of sp³-hybridized carbons (Fsp3) is 0.348. The lowest BCUT2D eigenvalue weighted by Gasteiger charge is -2.30. The summed E-state index contributed by atoms with van der Waals surface area (Å²) in [7, 11) is 0. The maximum atomic E-state index is 9.00. The van der Waals surface area contributed by atoms with Gasteiger partial charge in [-0.15, -0.1) is 0 Å². The molecule has 0 aliphatic carbocycles. The van der Waals surface area contributed by atoms with Crippen molar-refractivity contribution in [3.8, 4) is 0 Å². The second kappa shape index (κ2) is 8.17. The SMILES string of the molecule is CC(=O)O.CC1CCN(Cc2nc3ccccc3c3nc4ccccc4n23)CC1. The molecule has 150 valence electrons. The molecular weight excluding hydrogens is 364 g/mol. The highest BCUT2D eigenvalue weighted by molar-refractivity contribution is 5.96. The summed E-state index contributed by atoms with van der Waals surface area (Å²) >= 11 is 0. The summed E-state index contributed by atoms with van der Waals surface area (Å²) in [6.07, 6.45) is 2.56. The predicted molar refractivity (Wildman–Crippen MR) is 115 cm³/mol. The highest BCUT2D eigenvalue weighted by Crippen LogP contribution is 2.26. The lowest BCUT2D eigenvalue weighted by Crippen LogP contribution is -2.33. The number of fused-ring (bicyclic) bond motifs is 5. The first kappa shape index (κ1) is 19.3. The molecule has 0 atom stereocenters. The fourth-order valence-electron chi connectivity index (χ4n) is 3.94. The molecule has 1 N–H and O–H groups in total. The first-order chi connectivity index (χ1) is 14.0. The van der Waals surface area contributed by atoms with Crippen molar-refractivity contribution in [2.24, 2.45) is 5.92 Å². The first-order valence-electron chi connectivity index (χ1n) is 10.1. The Bertz CT molecular complexity index is 1160. The van der Waals surface area contributed by atoms with Crippen LogP contribution in [0.15, 0.2) is 48.5 Å². The summed E-state index contributed by atoms with van der Waals surface area (Å²) in [4.78, 5) is 21.5. The zero-order valence-electron chi connectivity index (χ0n) is 16.9. The second-order valence-corrected chi connectivity index (χ2v) is 7.78. The summed E-state index contributed by atoms with van der Waals surface area (Å²) in [6.45, 7) is 6.63. The van der Waals surface area contributed by atoms with Crippen molar-refractivity contribution in [1.29, 1.82) is 0 Å². The number of carboxylic acid groups (broad SMARTS) is 1. The maximum Gasteiger partial charge on any atom is 0.300 e. The molecule has 2 aromatic carbocycles. The number of rotatable bonds is 2. The molecule has 1 aliphatic rings. The molecule has 0 spiro atoms. The Balaban J connectivity index is 0.000000472. The summed E-state index contributed by atoms with van der Waals surface area (Å²) in [6, 6.07) is 16.7. The average Bonchev–Trinajstić information content (AvgIpc) is 3.10. The van der Waals surface area contributed by atoms with Crippen LogP contribution in [-0.2, 0) is 11.3 Å². The quantitative estimate of drug-likeness (QED) is 0.551. The van der Waals surface area contributed by atoms with E-state index < -0.39 is 5.97 Å². The molecule has 5 rings (SSSR count). The van der Waals surface area contributed by atoms with Crippen LogP contribution in [-0.4, -0.2) is 43.4 Å². The minimum atomic E-state index is -0.833. The van der Waals surface area contributed by atoms with Gasteiger partial charge in [0.05, 0.1) is 23.1 Å². The number of nitrogens with zero attached hydrogens (tertiary/aromatic N) is 4. The molecule has 29 heavy (non-hydrogen) atoms. The molecule has 6 nitrogen and oxygen atoms in total. The van der Waals surface area contributed by atoms with E-state index in [0.29, 0.717) is 0 Å². The van der Waals surface area contributed by atoms with Gasteiger partial charge in [0.15, 0.2) is 0 Å². The predicted octanol–water partition coefficient (Wildman–Crippen LogP) is 4.36. The van der Waals surface area contributed by atoms with Gasteiger partial charge in [-0.3, -0.25) is 14.1 Å². The first-order valence-corrected chi connectivity index (χ1v) is 10.1. The minimum absolute atomic E-state index is 0.833. The lowest BCUT2D eigenvalue weighted by atomic mass is 9.99. The monoisotopic (exact) mass is 390 g/mol. The van der Waals surface area contributed by atoms with Crippen LogP contribution in [0, 0.1) is 5.92 Å². The van der Waals surface area contributed by atoms with Crippen LogP contribution >= 0.6 is 0 Å². The van der Waals surface area contributed by atoms with E-state index in [1.807, 2.05) is 0 Å². The van der Waals surface area contributed by atoms with Gasteiger partial charge in [0.25, 0.3) is 5.97 Å². The Morgan fingerprint density at radius 2 is 1.66 bits per heavy atom. The molecule has 0 radical (unpaired) electrons. The largest absolute Gasteiger partial charge is 0.481 e. The number of carbonyl (C=O) groups is 1. The van der Waals surface area contributed by atoms with Crippen LogP contribution < -0.4 is 0 Å². The maximum absolute atomic E-state index is 9.00. The fourth-order valence-corrected chi connectivity index (χ4v) is 3.94. The van der Waals surface area contributed by atoms with Gasteiger partial charge in [-0.05, 0) is 56.1 Å². The van der Waals surface area contributed by atoms with E-state index in [4.69, 9.17) is 19.9 Å². The number of piperidine rings is 1. The van der Waals surface area contributed by atoms with Crippen molar-refractivity contribution in [2.75, 3.05) is 13.1 Å². The molecule has 0 bridgehead atoms. The summed E-state index contributed by atoms with van der Waals surface area (Å²) < 4.78 is 2.26. The Labute approximate surface area is 169 Å². The van der Waals surface area contributed by atoms with Crippen molar-refractivity contribution in [3.63, 3.8) is 0 Å². The van der Waals surface area contributed by atoms with Gasteiger partial charge in [0.2, 0.25) is 0 Å². The van der Waals surface area contributed by atoms with Crippen molar-refractivity contribution < 1.29 is 9.90 Å². The summed E-state index contributed by atoms with van der Waals surface area (Å²) in [5.74, 6) is 1.10. The van der Waals surface area contributed by atoms with Crippen molar-refractivity contribution in [1.82, 2.24) is 19.3 Å². The van der Waals surface area contributed by atoms with Crippen molar-refractivity contribution in [3.05, 3.63) is 54.4 Å². The van der Waals surface area contributed by atoms with E-state index in [2.05, 4.69) is 64.8 Å². The van der Waals surface area contributed by atoms with E-state index >= 15 is 0 Å². The van der Waals surface area contributed by atoms with Gasteiger partial charge in [-0.1, -0.05) is 31.2 Å². The van der Waals surface area contributed by atoms with Gasteiger partial charge in [0, 0.05) is 12.3 Å². The highest BCUT2D eigenvalue weighted by Gasteiger charge is 2.19. The number of carboxylic acids is 1. The van der Waals surface area contributed by atoms with Crippen LogP contribution in [0.25, 0.3) is 27.6 Å². The van der Waals surface area contributed by atoms with Gasteiger partial charge in [-0.2, -0.15) is 0 Å². The number of hydrogen-bond donors (Lipinski definition) is 1.